The van der Waals surface area contributed by atoms with E-state index in [2.05, 4.69) is 26.3 Å². The lowest BCUT2D eigenvalue weighted by molar-refractivity contribution is -0.397. The molecule has 61 heteroatoms. The van der Waals surface area contributed by atoms with Crippen molar-refractivity contribution in [3.63, 3.8) is 0 Å². The van der Waals surface area contributed by atoms with Gasteiger partial charge in [0.15, 0.2) is 49.9 Å². The van der Waals surface area contributed by atoms with Gasteiger partial charge < -0.3 is 269 Å². The summed E-state index contributed by atoms with van der Waals surface area (Å²) in [5.74, 6) is -14.0. The van der Waals surface area contributed by atoms with Gasteiger partial charge in [-0.1, -0.05) is 0 Å². The number of nitrogens with zero attached hydrogens (tertiary/aromatic N) is 1. The van der Waals surface area contributed by atoms with Crippen LogP contribution in [-0.2, 0) is 124 Å². The maximum Gasteiger partial charge on any atom is 0.364 e. The zero-order valence-corrected chi connectivity index (χ0v) is 73.3. The number of carbonyl (C=O) groups excluding carboxylic acids is 4. The van der Waals surface area contributed by atoms with E-state index >= 15 is 0 Å². The van der Waals surface area contributed by atoms with E-state index in [4.69, 9.17) is 94.7 Å². The maximum absolute atomic E-state index is 13.2. The molecule has 11 rings (SSSR count). The minimum absolute atomic E-state index is 0.0176. The summed E-state index contributed by atoms with van der Waals surface area (Å²) in [7, 11) is 0. The molecule has 0 aromatic carbocycles. The second kappa shape index (κ2) is 47.5. The molecule has 11 aliphatic heterocycles. The molecule has 788 valence electrons. The summed E-state index contributed by atoms with van der Waals surface area (Å²) in [4.78, 5) is 80.9. The Morgan fingerprint density at radius 1 is 0.350 bits per heavy atom. The first-order valence-corrected chi connectivity index (χ1v) is 43.3. The Morgan fingerprint density at radius 3 is 1.05 bits per heavy atom. The number of aliphatic carboxylic acids is 2. The van der Waals surface area contributed by atoms with E-state index in [1.807, 2.05) is 0 Å². The van der Waals surface area contributed by atoms with Gasteiger partial charge >= 0.3 is 11.9 Å². The van der Waals surface area contributed by atoms with Crippen molar-refractivity contribution in [1.29, 1.82) is 0 Å². The van der Waals surface area contributed by atoms with E-state index in [9.17, 15) is 182 Å². The summed E-state index contributed by atoms with van der Waals surface area (Å²) < 4.78 is 118. The van der Waals surface area contributed by atoms with Crippen molar-refractivity contribution in [3.8, 4) is 0 Å². The molecule has 61 nitrogen and oxygen atoms in total. The summed E-state index contributed by atoms with van der Waals surface area (Å²) in [6.07, 6.45) is -100. The lowest BCUT2D eigenvalue weighted by atomic mass is 9.88. The lowest BCUT2D eigenvalue weighted by Crippen LogP contribution is -2.70. The molecular weight excluding hydrogens is 1880 g/mol. The highest BCUT2D eigenvalue weighted by molar-refractivity contribution is 5.78. The number of ether oxygens (including phenoxy) is 20. The summed E-state index contributed by atoms with van der Waals surface area (Å²) in [5, 5.41) is 345. The maximum atomic E-state index is 13.2. The Bertz CT molecular complexity index is 3960. The number of aliphatic imine (C=N–C) groups is 1. The van der Waals surface area contributed by atoms with Gasteiger partial charge in [0.25, 0.3) is 11.6 Å². The quantitative estimate of drug-likeness (QED) is 0.0273. The topological polar surface area (TPSA) is 954 Å². The number of hydrogen-bond donors (Lipinski definition) is 34. The molecule has 0 aliphatic carbocycles. The van der Waals surface area contributed by atoms with Gasteiger partial charge in [-0.15, -0.1) is 0 Å². The molecule has 0 radical (unpaired) electrons. The summed E-state index contributed by atoms with van der Waals surface area (Å²) >= 11 is 0. The molecule has 137 heavy (non-hydrogen) atoms. The highest BCUT2D eigenvalue weighted by Gasteiger charge is 2.64. The molecule has 11 heterocycles. The van der Waals surface area contributed by atoms with Crippen LogP contribution in [0.4, 0.5) is 0 Å². The summed E-state index contributed by atoms with van der Waals surface area (Å²) in [6, 6.07) is -8.82. The number of aliphatic hydroxyl groups excluding tert-OH is 28. The van der Waals surface area contributed by atoms with Gasteiger partial charge in [0.1, 0.15) is 232 Å². The van der Waals surface area contributed by atoms with Crippen LogP contribution in [0.25, 0.3) is 0 Å². The number of amides is 4. The monoisotopic (exact) mass is 2000 g/mol. The largest absolute Gasteiger partial charge is 0.477 e. The molecule has 52 atom stereocenters. The normalized spacial score (nSPS) is 46.8. The zero-order chi connectivity index (χ0) is 101. The third-order valence-corrected chi connectivity index (χ3v) is 25.0. The molecule has 34 N–H and O–H groups in total. The Hall–Kier alpha value is -5.59. The fourth-order valence-corrected chi connectivity index (χ4v) is 17.7. The van der Waals surface area contributed by atoms with Crippen LogP contribution >= 0.6 is 0 Å². The van der Waals surface area contributed by atoms with E-state index in [1.54, 1.807) is 0 Å². The number of aliphatic hydroxyl groups is 28. The smallest absolute Gasteiger partial charge is 0.364 e. The molecule has 0 bridgehead atoms. The minimum atomic E-state index is -3.10. The second-order valence-electron chi connectivity index (χ2n) is 34.6. The minimum Gasteiger partial charge on any atom is -0.477 e. The van der Waals surface area contributed by atoms with Gasteiger partial charge in [0.05, 0.1) is 90.4 Å². The van der Waals surface area contributed by atoms with Crippen LogP contribution in [0.2, 0.25) is 0 Å². The summed E-state index contributed by atoms with van der Waals surface area (Å²) in [5.41, 5.74) is 0. The molecule has 4 amide bonds. The van der Waals surface area contributed by atoms with Crippen LogP contribution in [0, 0.1) is 0 Å². The molecule has 11 aliphatic rings. The van der Waals surface area contributed by atoms with Crippen LogP contribution in [0.3, 0.4) is 0 Å². The van der Waals surface area contributed by atoms with Crippen LogP contribution in [0.5, 0.6) is 0 Å². The molecule has 10 saturated heterocycles. The van der Waals surface area contributed by atoms with E-state index in [-0.39, 0.29) is 5.90 Å². The fraction of sp³-hybridized carbons (Fsp3) is 0.908. The SMILES string of the molecule is CC(=O)N[C@H]1[C@H](O[C@@H]2[C@@H](OC[C@H]3O[C@@H](O[C@H]4[C@H](O)[C@H]5N=C(C)O[C@H]5O[C@@H]4CO)[C@@H](O)[C@@H](O[C@H]4O[C@H](CO)[C@@H](O)[C@H](O)[C@@H]4O[C@@H]4O[C@H](CO)[C@@H](O[C@@H]5O[C@H](CO[C@]6(C(=O)O)C[C@H](O)[C@@H](NC(C)=O)[C@H]([C@H](O)[C@H](O)CO)O6)[C@H](O)[C@H](O)[C@H]5O)[C@H](O)[C@H]4NC(C)=O)[C@@H]3O)O[C@H](CO)[C@@H](O)[C@@H]2O)O[C@H](CO)[C@@H](O[C@@H]2O[C@H](CO[C@]3(C(=O)O)C[C@H](O)[C@@H](NC(C)=O)[C@H]([C@H](O)[C@H](O)CO)O3)[C@H](O)[C@H](O)[C@H]2O)[C@@H]1O. The van der Waals surface area contributed by atoms with Gasteiger partial charge in [-0.3, -0.25) is 19.2 Å². The fourth-order valence-electron chi connectivity index (χ4n) is 17.7. The molecule has 0 saturated carbocycles. The van der Waals surface area contributed by atoms with Gasteiger partial charge in [-0.2, -0.15) is 0 Å². The van der Waals surface area contributed by atoms with Crippen LogP contribution in [0.15, 0.2) is 4.99 Å². The van der Waals surface area contributed by atoms with Crippen molar-refractivity contribution in [2.75, 3.05) is 66.1 Å². The Balaban J connectivity index is 0.839. The first-order chi connectivity index (χ1) is 64.6. The summed E-state index contributed by atoms with van der Waals surface area (Å²) in [6.45, 7) is -6.78. The molecular formula is C76H123N5O56. The Labute approximate surface area is 773 Å². The van der Waals surface area contributed by atoms with Gasteiger partial charge in [0, 0.05) is 47.5 Å². The van der Waals surface area contributed by atoms with Crippen LogP contribution < -0.4 is 21.3 Å². The number of nitrogens with one attached hydrogen (secondary N) is 4. The second-order valence-corrected chi connectivity index (χ2v) is 34.6. The van der Waals surface area contributed by atoms with Crippen molar-refractivity contribution < 1.29 is 277 Å². The average molecular weight is 2000 g/mol. The van der Waals surface area contributed by atoms with E-state index in [1.165, 1.54) is 6.92 Å². The third-order valence-electron chi connectivity index (χ3n) is 25.0. The molecule has 0 aromatic rings. The van der Waals surface area contributed by atoms with Crippen LogP contribution in [0.1, 0.15) is 47.5 Å². The van der Waals surface area contributed by atoms with Crippen molar-refractivity contribution in [1.82, 2.24) is 21.3 Å². The van der Waals surface area contributed by atoms with Crippen molar-refractivity contribution >= 4 is 41.5 Å². The van der Waals surface area contributed by atoms with Crippen molar-refractivity contribution in [2.24, 2.45) is 4.99 Å². The zero-order valence-electron chi connectivity index (χ0n) is 73.3. The van der Waals surface area contributed by atoms with Crippen molar-refractivity contribution in [3.05, 3.63) is 0 Å². The van der Waals surface area contributed by atoms with Crippen molar-refractivity contribution in [2.45, 2.75) is 365 Å². The van der Waals surface area contributed by atoms with Gasteiger partial charge in [-0.05, 0) is 0 Å². The van der Waals surface area contributed by atoms with E-state index < -0.39 is 432 Å². The molecule has 0 spiro atoms. The lowest BCUT2D eigenvalue weighted by Gasteiger charge is -2.51. The number of fused-ring (bicyclic) bond motifs is 1. The number of carbonyl (C=O) groups is 6. The van der Waals surface area contributed by atoms with Crippen LogP contribution in [-0.4, -0.2) is 579 Å². The number of rotatable bonds is 38. The highest BCUT2D eigenvalue weighted by Crippen LogP contribution is 2.43. The number of carboxylic acids is 2. The first kappa shape index (κ1) is 112. The Kier molecular flexibility index (Phi) is 38.8. The third kappa shape index (κ3) is 24.3. The van der Waals surface area contributed by atoms with Gasteiger partial charge in [0.2, 0.25) is 29.9 Å². The standard InChI is InChI=1S/C76H123N5O56/c1-18(89)77-35-23(93)6-75(73(114)115,136-60(35)40(97)25(95)8-82)119-16-33-44(101)50(107)54(111)68(128-33)130-57-30(13-87)125-66(37(47(57)104)79-20(3)91)134-63-52(109)42(99)27(10-84)122-71(63)118-15-32-46(103)62(56(113)70(127-32)132-59-29(12-86)124-65-39(49(59)106)81-22(5)121-65)133-72-64(53(110)43(100)28(11-85)123-72)135-67-38(80-21(4)92)48(105)58(31(14-88)126-67)131-69-55(112)51(108)45(102)34(129-69)17-120-76(74(116)117)7-24(94)36(78-19(2)90)61(137-76)41(98)26(96)9-83/h23-72,82-88,93-113H,6-17H2,1-5H3,(H,77,89)(H,78,90)(H,79,91)(H,80,92)(H,114,115)(H,116,117)/t23-,24-,25+,26+,27+,28+,29+,30+,31+,32+,33+,34+,35+,36+,37+,38+,39+,40+,41+,42+,43+,44-,45-,46+,47+,48+,49+,50-,51-,52-,53-,54+,55+,56-,57+,58+,59+,60+,61+,62-,63-,64-,65-,66-,67-,68-,69-,70-,71-,72+,75+,76+/m0/s1. The number of carboxylic acid groups (broad SMARTS) is 2. The predicted molar refractivity (Wildman–Crippen MR) is 420 cm³/mol. The number of hydrogen-bond acceptors (Lipinski definition) is 55. The molecule has 10 fully saturated rings. The van der Waals surface area contributed by atoms with E-state index in [0.29, 0.717) is 0 Å². The highest BCUT2D eigenvalue weighted by atomic mass is 16.8. The molecule has 0 unspecified atom stereocenters. The van der Waals surface area contributed by atoms with E-state index in [0.717, 1.165) is 27.7 Å². The first-order valence-electron chi connectivity index (χ1n) is 43.3. The Morgan fingerprint density at radius 2 is 0.672 bits per heavy atom. The van der Waals surface area contributed by atoms with Gasteiger partial charge in [-0.25, -0.2) is 14.6 Å². The molecule has 0 aromatic heterocycles. The average Bonchev–Trinajstić information content (AvgIpc) is 1.46. The predicted octanol–water partition coefficient (Wildman–Crippen LogP) is -22.4.